The van der Waals surface area contributed by atoms with Gasteiger partial charge in [0.2, 0.25) is 5.91 Å². The molecule has 2 N–H and O–H groups in total. The standard InChI is InChI=1S/C16H16N2O3/c17-10-9-11-5-7-12(8-6-11)18-15(19)13-3-1-2-4-14(13)16(20)21/h1-2,5-8,13-14H,3-4,9H2,(H,18,19)(H,20,21). The molecule has 1 aliphatic rings. The lowest BCUT2D eigenvalue weighted by molar-refractivity contribution is -0.146. The SMILES string of the molecule is N#CCc1ccc(NC(=O)C2CC=CCC2C(=O)O)cc1. The third kappa shape index (κ3) is 3.69. The molecule has 5 heteroatoms. The van der Waals surface area contributed by atoms with Crippen LogP contribution in [0.15, 0.2) is 36.4 Å². The van der Waals surface area contributed by atoms with Crippen molar-refractivity contribution in [1.29, 1.82) is 5.26 Å². The third-order valence-electron chi connectivity index (χ3n) is 3.59. The Bertz CT molecular complexity index is 599. The van der Waals surface area contributed by atoms with Gasteiger partial charge in [0.1, 0.15) is 0 Å². The summed E-state index contributed by atoms with van der Waals surface area (Å²) in [5.41, 5.74) is 1.49. The van der Waals surface area contributed by atoms with Gasteiger partial charge in [-0.3, -0.25) is 9.59 Å². The highest BCUT2D eigenvalue weighted by molar-refractivity contribution is 5.95. The molecule has 2 atom stereocenters. The number of amides is 1. The van der Waals surface area contributed by atoms with Crippen LogP contribution in [0.5, 0.6) is 0 Å². The highest BCUT2D eigenvalue weighted by Crippen LogP contribution is 2.27. The Morgan fingerprint density at radius 1 is 1.19 bits per heavy atom. The molecule has 0 aromatic heterocycles. The van der Waals surface area contributed by atoms with Crippen LogP contribution in [0.25, 0.3) is 0 Å². The van der Waals surface area contributed by atoms with Crippen molar-refractivity contribution in [2.24, 2.45) is 11.8 Å². The summed E-state index contributed by atoms with van der Waals surface area (Å²) >= 11 is 0. The summed E-state index contributed by atoms with van der Waals surface area (Å²) in [4.78, 5) is 23.4. The first-order valence-electron chi connectivity index (χ1n) is 6.76. The van der Waals surface area contributed by atoms with Crippen LogP contribution < -0.4 is 5.32 Å². The van der Waals surface area contributed by atoms with Crippen LogP contribution >= 0.6 is 0 Å². The van der Waals surface area contributed by atoms with Crippen molar-refractivity contribution in [2.45, 2.75) is 19.3 Å². The lowest BCUT2D eigenvalue weighted by Crippen LogP contribution is -2.34. The molecule has 108 valence electrons. The van der Waals surface area contributed by atoms with Gasteiger partial charge in [0, 0.05) is 5.69 Å². The van der Waals surface area contributed by atoms with Crippen molar-refractivity contribution in [3.63, 3.8) is 0 Å². The highest BCUT2D eigenvalue weighted by atomic mass is 16.4. The zero-order chi connectivity index (χ0) is 15.2. The van der Waals surface area contributed by atoms with E-state index in [1.807, 2.05) is 6.08 Å². The predicted octanol–water partition coefficient (Wildman–Crippen LogP) is 2.36. The summed E-state index contributed by atoms with van der Waals surface area (Å²) in [6, 6.07) is 9.04. The number of rotatable bonds is 4. The van der Waals surface area contributed by atoms with Gasteiger partial charge in [0.25, 0.3) is 0 Å². The first-order valence-corrected chi connectivity index (χ1v) is 6.76. The molecular formula is C16H16N2O3. The summed E-state index contributed by atoms with van der Waals surface area (Å²) < 4.78 is 0. The molecule has 0 fully saturated rings. The van der Waals surface area contributed by atoms with Crippen LogP contribution in [-0.4, -0.2) is 17.0 Å². The molecule has 1 amide bonds. The quantitative estimate of drug-likeness (QED) is 0.830. The lowest BCUT2D eigenvalue weighted by atomic mass is 9.82. The van der Waals surface area contributed by atoms with Crippen LogP contribution in [0, 0.1) is 23.2 Å². The number of carboxylic acids is 1. The van der Waals surface area contributed by atoms with E-state index in [2.05, 4.69) is 11.4 Å². The molecule has 1 aromatic rings. The van der Waals surface area contributed by atoms with Gasteiger partial charge in [0.05, 0.1) is 24.3 Å². The lowest BCUT2D eigenvalue weighted by Gasteiger charge is -2.24. The fourth-order valence-electron chi connectivity index (χ4n) is 2.41. The molecule has 0 aliphatic heterocycles. The van der Waals surface area contributed by atoms with E-state index in [0.29, 0.717) is 24.9 Å². The van der Waals surface area contributed by atoms with Crippen molar-refractivity contribution in [1.82, 2.24) is 0 Å². The fourth-order valence-corrected chi connectivity index (χ4v) is 2.41. The molecule has 1 aromatic carbocycles. The zero-order valence-corrected chi connectivity index (χ0v) is 11.5. The van der Waals surface area contributed by atoms with Crippen LogP contribution in [-0.2, 0) is 16.0 Å². The van der Waals surface area contributed by atoms with Crippen molar-refractivity contribution >= 4 is 17.6 Å². The van der Waals surface area contributed by atoms with Crippen LogP contribution in [0.4, 0.5) is 5.69 Å². The van der Waals surface area contributed by atoms with Gasteiger partial charge in [-0.2, -0.15) is 5.26 Å². The summed E-state index contributed by atoms with van der Waals surface area (Å²) in [5, 5.41) is 20.5. The molecule has 1 aliphatic carbocycles. The van der Waals surface area contributed by atoms with E-state index in [0.717, 1.165) is 5.56 Å². The van der Waals surface area contributed by atoms with E-state index in [1.165, 1.54) is 0 Å². The van der Waals surface area contributed by atoms with E-state index in [9.17, 15) is 14.7 Å². The minimum Gasteiger partial charge on any atom is -0.481 e. The Balaban J connectivity index is 2.05. The number of hydrogen-bond donors (Lipinski definition) is 2. The van der Waals surface area contributed by atoms with Gasteiger partial charge < -0.3 is 10.4 Å². The normalized spacial score (nSPS) is 20.5. The monoisotopic (exact) mass is 284 g/mol. The summed E-state index contributed by atoms with van der Waals surface area (Å²) in [5.74, 6) is -2.44. The molecule has 0 saturated carbocycles. The zero-order valence-electron chi connectivity index (χ0n) is 11.5. The first kappa shape index (κ1) is 14.8. The van der Waals surface area contributed by atoms with E-state index in [-0.39, 0.29) is 5.91 Å². The first-order chi connectivity index (χ1) is 10.1. The highest BCUT2D eigenvalue weighted by Gasteiger charge is 2.33. The van der Waals surface area contributed by atoms with Gasteiger partial charge in [-0.05, 0) is 30.5 Å². The Labute approximate surface area is 122 Å². The van der Waals surface area contributed by atoms with Crippen LogP contribution in [0.2, 0.25) is 0 Å². The molecular weight excluding hydrogens is 268 g/mol. The Morgan fingerprint density at radius 3 is 2.38 bits per heavy atom. The summed E-state index contributed by atoms with van der Waals surface area (Å²) in [7, 11) is 0. The van der Waals surface area contributed by atoms with E-state index in [4.69, 9.17) is 5.26 Å². The maximum atomic E-state index is 12.2. The number of carbonyl (C=O) groups is 2. The van der Waals surface area contributed by atoms with Crippen LogP contribution in [0.3, 0.4) is 0 Å². The van der Waals surface area contributed by atoms with Crippen molar-refractivity contribution in [3.8, 4) is 6.07 Å². The van der Waals surface area contributed by atoms with E-state index in [1.54, 1.807) is 30.3 Å². The second-order valence-corrected chi connectivity index (χ2v) is 5.02. The molecule has 2 unspecified atom stereocenters. The second kappa shape index (κ2) is 6.71. The number of anilines is 1. The van der Waals surface area contributed by atoms with Crippen LogP contribution in [0.1, 0.15) is 18.4 Å². The molecule has 0 heterocycles. The van der Waals surface area contributed by atoms with Gasteiger partial charge in [0.15, 0.2) is 0 Å². The molecule has 5 nitrogen and oxygen atoms in total. The van der Waals surface area contributed by atoms with E-state index < -0.39 is 17.8 Å². The number of nitrogens with one attached hydrogen (secondary N) is 1. The number of carbonyl (C=O) groups excluding carboxylic acids is 1. The summed E-state index contributed by atoms with van der Waals surface area (Å²) in [6.45, 7) is 0. The average Bonchev–Trinajstić information content (AvgIpc) is 2.49. The second-order valence-electron chi connectivity index (χ2n) is 5.02. The number of hydrogen-bond acceptors (Lipinski definition) is 3. The molecule has 0 spiro atoms. The Morgan fingerprint density at radius 2 is 1.81 bits per heavy atom. The van der Waals surface area contributed by atoms with Crippen molar-refractivity contribution < 1.29 is 14.7 Å². The Kier molecular flexibility index (Phi) is 4.72. The average molecular weight is 284 g/mol. The molecule has 0 radical (unpaired) electrons. The van der Waals surface area contributed by atoms with Gasteiger partial charge in [-0.15, -0.1) is 0 Å². The number of aliphatic carboxylic acids is 1. The van der Waals surface area contributed by atoms with Gasteiger partial charge >= 0.3 is 5.97 Å². The fraction of sp³-hybridized carbons (Fsp3) is 0.312. The number of carboxylic acid groups (broad SMARTS) is 1. The number of nitriles is 1. The third-order valence-corrected chi connectivity index (χ3v) is 3.59. The van der Waals surface area contributed by atoms with E-state index >= 15 is 0 Å². The largest absolute Gasteiger partial charge is 0.481 e. The smallest absolute Gasteiger partial charge is 0.307 e. The molecule has 21 heavy (non-hydrogen) atoms. The van der Waals surface area contributed by atoms with Gasteiger partial charge in [-0.25, -0.2) is 0 Å². The topological polar surface area (TPSA) is 90.2 Å². The Hall–Kier alpha value is -2.61. The minimum absolute atomic E-state index is 0.278. The molecule has 0 bridgehead atoms. The number of benzene rings is 1. The minimum atomic E-state index is -0.941. The predicted molar refractivity (Wildman–Crippen MR) is 77.4 cm³/mol. The number of nitrogens with zero attached hydrogens (tertiary/aromatic N) is 1. The van der Waals surface area contributed by atoms with Crippen molar-refractivity contribution in [3.05, 3.63) is 42.0 Å². The maximum Gasteiger partial charge on any atom is 0.307 e. The molecule has 2 rings (SSSR count). The summed E-state index contributed by atoms with van der Waals surface area (Å²) in [6.07, 6.45) is 4.80. The molecule has 0 saturated heterocycles. The number of allylic oxidation sites excluding steroid dienone is 2. The maximum absolute atomic E-state index is 12.2. The van der Waals surface area contributed by atoms with Gasteiger partial charge in [-0.1, -0.05) is 24.3 Å². The van der Waals surface area contributed by atoms with Crippen molar-refractivity contribution in [2.75, 3.05) is 5.32 Å².